The largest absolute Gasteiger partial charge is 0.381 e. The molecular formula is C18H23NS. The molecule has 0 radical (unpaired) electrons. The molecule has 0 unspecified atom stereocenters. The fourth-order valence-electron chi connectivity index (χ4n) is 2.06. The van der Waals surface area contributed by atoms with Gasteiger partial charge in [0.05, 0.1) is 0 Å². The zero-order valence-corrected chi connectivity index (χ0v) is 13.6. The Hall–Kier alpha value is -1.41. The van der Waals surface area contributed by atoms with Crippen LogP contribution in [0.15, 0.2) is 53.4 Å². The van der Waals surface area contributed by atoms with Crippen LogP contribution < -0.4 is 5.32 Å². The Morgan fingerprint density at radius 2 is 1.70 bits per heavy atom. The molecule has 106 valence electrons. The first-order valence-corrected chi connectivity index (χ1v) is 8.19. The SMILES string of the molecule is CSc1cccc(NCc2ccc(C(C)(C)C)cc2)c1. The molecule has 0 fully saturated rings. The lowest BCUT2D eigenvalue weighted by atomic mass is 9.87. The van der Waals surface area contributed by atoms with Crippen molar-refractivity contribution in [1.82, 2.24) is 0 Å². The van der Waals surface area contributed by atoms with Gasteiger partial charge >= 0.3 is 0 Å². The molecule has 0 saturated carbocycles. The van der Waals surface area contributed by atoms with Crippen LogP contribution in [-0.2, 0) is 12.0 Å². The van der Waals surface area contributed by atoms with Gasteiger partial charge in [0.15, 0.2) is 0 Å². The number of hydrogen-bond acceptors (Lipinski definition) is 2. The highest BCUT2D eigenvalue weighted by molar-refractivity contribution is 7.98. The second-order valence-corrected chi connectivity index (χ2v) is 6.91. The van der Waals surface area contributed by atoms with Crippen LogP contribution in [0.1, 0.15) is 31.9 Å². The van der Waals surface area contributed by atoms with Gasteiger partial charge in [-0.2, -0.15) is 0 Å². The van der Waals surface area contributed by atoms with Crippen molar-refractivity contribution in [3.05, 3.63) is 59.7 Å². The van der Waals surface area contributed by atoms with Gasteiger partial charge in [0.2, 0.25) is 0 Å². The lowest BCUT2D eigenvalue weighted by Gasteiger charge is -2.19. The third-order valence-electron chi connectivity index (χ3n) is 3.39. The van der Waals surface area contributed by atoms with Crippen LogP contribution in [0, 0.1) is 0 Å². The Labute approximate surface area is 126 Å². The Kier molecular flexibility index (Phi) is 4.77. The van der Waals surface area contributed by atoms with Crippen LogP contribution in [0.5, 0.6) is 0 Å². The molecule has 0 amide bonds. The van der Waals surface area contributed by atoms with Crippen molar-refractivity contribution in [1.29, 1.82) is 0 Å². The van der Waals surface area contributed by atoms with Gasteiger partial charge < -0.3 is 5.32 Å². The van der Waals surface area contributed by atoms with Crippen molar-refractivity contribution >= 4 is 17.4 Å². The summed E-state index contributed by atoms with van der Waals surface area (Å²) in [5.41, 5.74) is 4.09. The minimum Gasteiger partial charge on any atom is -0.381 e. The lowest BCUT2D eigenvalue weighted by Crippen LogP contribution is -2.11. The molecule has 2 aromatic carbocycles. The maximum Gasteiger partial charge on any atom is 0.0400 e. The Morgan fingerprint density at radius 1 is 1.00 bits per heavy atom. The van der Waals surface area contributed by atoms with E-state index in [0.29, 0.717) is 0 Å². The summed E-state index contributed by atoms with van der Waals surface area (Å²) in [7, 11) is 0. The monoisotopic (exact) mass is 285 g/mol. The molecular weight excluding hydrogens is 262 g/mol. The van der Waals surface area contributed by atoms with Crippen molar-refractivity contribution in [3.63, 3.8) is 0 Å². The predicted octanol–water partition coefficient (Wildman–Crippen LogP) is 5.32. The van der Waals surface area contributed by atoms with Gasteiger partial charge in [0.25, 0.3) is 0 Å². The zero-order chi connectivity index (χ0) is 14.6. The zero-order valence-electron chi connectivity index (χ0n) is 12.7. The molecule has 0 bridgehead atoms. The maximum absolute atomic E-state index is 3.48. The van der Waals surface area contributed by atoms with E-state index in [9.17, 15) is 0 Å². The van der Waals surface area contributed by atoms with Crippen molar-refractivity contribution < 1.29 is 0 Å². The number of thioether (sulfide) groups is 1. The number of hydrogen-bond donors (Lipinski definition) is 1. The Balaban J connectivity index is 2.00. The fraction of sp³-hybridized carbons (Fsp3) is 0.333. The van der Waals surface area contributed by atoms with Crippen LogP contribution in [0.25, 0.3) is 0 Å². The average Bonchev–Trinajstić information content (AvgIpc) is 2.45. The van der Waals surface area contributed by atoms with E-state index in [1.807, 2.05) is 0 Å². The van der Waals surface area contributed by atoms with E-state index in [1.165, 1.54) is 21.7 Å². The van der Waals surface area contributed by atoms with Crippen LogP contribution in [0.3, 0.4) is 0 Å². The Bertz CT molecular complexity index is 552. The Morgan fingerprint density at radius 3 is 2.30 bits per heavy atom. The molecule has 0 spiro atoms. The molecule has 0 aliphatic carbocycles. The third kappa shape index (κ3) is 4.04. The minimum atomic E-state index is 0.221. The van der Waals surface area contributed by atoms with Crippen LogP contribution >= 0.6 is 11.8 Å². The summed E-state index contributed by atoms with van der Waals surface area (Å²) in [4.78, 5) is 1.29. The maximum atomic E-state index is 3.48. The summed E-state index contributed by atoms with van der Waals surface area (Å²) < 4.78 is 0. The quantitative estimate of drug-likeness (QED) is 0.763. The van der Waals surface area contributed by atoms with Crippen molar-refractivity contribution in [3.8, 4) is 0 Å². The van der Waals surface area contributed by atoms with Gasteiger partial charge in [-0.1, -0.05) is 51.1 Å². The van der Waals surface area contributed by atoms with Crippen LogP contribution in [0.4, 0.5) is 5.69 Å². The molecule has 0 aliphatic rings. The van der Waals surface area contributed by atoms with E-state index < -0.39 is 0 Å². The van der Waals surface area contributed by atoms with E-state index >= 15 is 0 Å². The molecule has 0 aliphatic heterocycles. The first kappa shape index (κ1) is 15.0. The highest BCUT2D eigenvalue weighted by Crippen LogP contribution is 2.23. The third-order valence-corrected chi connectivity index (χ3v) is 4.11. The van der Waals surface area contributed by atoms with Gasteiger partial charge in [-0.25, -0.2) is 0 Å². The second-order valence-electron chi connectivity index (χ2n) is 6.03. The summed E-state index contributed by atoms with van der Waals surface area (Å²) >= 11 is 1.77. The van der Waals surface area contributed by atoms with Gasteiger partial charge in [-0.05, 0) is 41.0 Å². The molecule has 1 nitrogen and oxygen atoms in total. The molecule has 20 heavy (non-hydrogen) atoms. The number of anilines is 1. The summed E-state index contributed by atoms with van der Waals surface area (Å²) in [6.07, 6.45) is 2.10. The highest BCUT2D eigenvalue weighted by atomic mass is 32.2. The molecule has 2 heteroatoms. The summed E-state index contributed by atoms with van der Waals surface area (Å²) in [5, 5.41) is 3.48. The topological polar surface area (TPSA) is 12.0 Å². The minimum absolute atomic E-state index is 0.221. The summed E-state index contributed by atoms with van der Waals surface area (Å²) in [6.45, 7) is 7.60. The number of nitrogens with one attached hydrogen (secondary N) is 1. The number of benzene rings is 2. The van der Waals surface area contributed by atoms with Crippen molar-refractivity contribution in [2.45, 2.75) is 37.6 Å². The number of rotatable bonds is 4. The van der Waals surface area contributed by atoms with Crippen LogP contribution in [-0.4, -0.2) is 6.26 Å². The molecule has 0 heterocycles. The second kappa shape index (κ2) is 6.36. The lowest BCUT2D eigenvalue weighted by molar-refractivity contribution is 0.590. The van der Waals surface area contributed by atoms with Gasteiger partial charge in [0.1, 0.15) is 0 Å². The van der Waals surface area contributed by atoms with E-state index in [4.69, 9.17) is 0 Å². The standard InChI is InChI=1S/C18H23NS/c1-18(2,3)15-10-8-14(9-11-15)13-19-16-6-5-7-17(12-16)20-4/h5-12,19H,13H2,1-4H3. The fourth-order valence-corrected chi connectivity index (χ4v) is 2.52. The van der Waals surface area contributed by atoms with Gasteiger partial charge in [-0.3, -0.25) is 0 Å². The van der Waals surface area contributed by atoms with E-state index in [2.05, 4.69) is 80.9 Å². The molecule has 2 aromatic rings. The van der Waals surface area contributed by atoms with Crippen molar-refractivity contribution in [2.75, 3.05) is 11.6 Å². The predicted molar refractivity (Wildman–Crippen MR) is 90.7 cm³/mol. The smallest absolute Gasteiger partial charge is 0.0400 e. The van der Waals surface area contributed by atoms with Crippen LogP contribution in [0.2, 0.25) is 0 Å². The van der Waals surface area contributed by atoms with E-state index in [1.54, 1.807) is 11.8 Å². The molecule has 2 rings (SSSR count). The molecule has 0 aromatic heterocycles. The summed E-state index contributed by atoms with van der Waals surface area (Å²) in [6, 6.07) is 17.4. The van der Waals surface area contributed by atoms with E-state index in [0.717, 1.165) is 6.54 Å². The molecule has 0 saturated heterocycles. The molecule has 0 atom stereocenters. The molecule has 1 N–H and O–H groups in total. The highest BCUT2D eigenvalue weighted by Gasteiger charge is 2.12. The van der Waals surface area contributed by atoms with Gasteiger partial charge in [-0.15, -0.1) is 11.8 Å². The summed E-state index contributed by atoms with van der Waals surface area (Å²) in [5.74, 6) is 0. The first-order valence-electron chi connectivity index (χ1n) is 6.96. The first-order chi connectivity index (χ1) is 9.49. The van der Waals surface area contributed by atoms with Gasteiger partial charge in [0, 0.05) is 17.1 Å². The van der Waals surface area contributed by atoms with E-state index in [-0.39, 0.29) is 5.41 Å². The normalized spacial score (nSPS) is 11.4. The van der Waals surface area contributed by atoms with Crippen molar-refractivity contribution in [2.24, 2.45) is 0 Å². The average molecular weight is 285 g/mol.